The zero-order chi connectivity index (χ0) is 21.5. The third kappa shape index (κ3) is 3.95. The van der Waals surface area contributed by atoms with E-state index in [4.69, 9.17) is 16.3 Å². The molecule has 0 atom stereocenters. The Morgan fingerprint density at radius 2 is 1.83 bits per heavy atom. The Kier molecular flexibility index (Phi) is 5.82. The summed E-state index contributed by atoms with van der Waals surface area (Å²) in [5.74, 6) is -0.434. The molecular formula is C20H20ClN3O4S2. The van der Waals surface area contributed by atoms with Crippen molar-refractivity contribution < 1.29 is 17.9 Å². The zero-order valence-corrected chi connectivity index (χ0v) is 18.9. The number of hydrogen-bond acceptors (Lipinski definition) is 5. The predicted molar refractivity (Wildman–Crippen MR) is 116 cm³/mol. The molecule has 2 aromatic carbocycles. The Hall–Kier alpha value is -2.04. The summed E-state index contributed by atoms with van der Waals surface area (Å²) in [7, 11) is -1.75. The summed E-state index contributed by atoms with van der Waals surface area (Å²) in [6, 6.07) is 9.60. The molecule has 0 saturated carbocycles. The summed E-state index contributed by atoms with van der Waals surface area (Å²) < 4.78 is 34.8. The first kappa shape index (κ1) is 21.2. The Balaban J connectivity index is 1.64. The number of benzene rings is 2. The minimum Gasteiger partial charge on any atom is -0.379 e. The molecule has 0 unspecified atom stereocenters. The van der Waals surface area contributed by atoms with E-state index in [-0.39, 0.29) is 4.90 Å². The van der Waals surface area contributed by atoms with Crippen LogP contribution in [0.2, 0.25) is 5.02 Å². The first-order chi connectivity index (χ1) is 14.3. The standard InChI is InChI=1S/C20H20ClN3O4S2/c1-13-11-15(21)12-17-18(13)23(2)20(29-17)22-19(25)14-3-5-16(6-4-14)30(26,27)24-7-9-28-10-8-24/h3-6,11-12H,7-10H2,1-2H3. The number of hydrogen-bond donors (Lipinski definition) is 0. The van der Waals surface area contributed by atoms with Gasteiger partial charge in [-0.25, -0.2) is 8.42 Å². The Morgan fingerprint density at radius 3 is 2.50 bits per heavy atom. The summed E-state index contributed by atoms with van der Waals surface area (Å²) in [6.07, 6.45) is 0. The first-order valence-electron chi connectivity index (χ1n) is 9.30. The largest absolute Gasteiger partial charge is 0.379 e. The Morgan fingerprint density at radius 1 is 1.17 bits per heavy atom. The minimum atomic E-state index is -3.60. The van der Waals surface area contributed by atoms with E-state index in [9.17, 15) is 13.2 Å². The first-order valence-corrected chi connectivity index (χ1v) is 11.9. The third-order valence-electron chi connectivity index (χ3n) is 4.96. The average Bonchev–Trinajstić information content (AvgIpc) is 3.03. The molecule has 3 aromatic rings. The summed E-state index contributed by atoms with van der Waals surface area (Å²) in [6.45, 7) is 3.37. The van der Waals surface area contributed by atoms with Crippen LogP contribution in [0.3, 0.4) is 0 Å². The van der Waals surface area contributed by atoms with Crippen LogP contribution in [0.1, 0.15) is 15.9 Å². The number of thiazole rings is 1. The fraction of sp³-hybridized carbons (Fsp3) is 0.300. The fourth-order valence-corrected chi connectivity index (χ4v) is 6.31. The minimum absolute atomic E-state index is 0.152. The van der Waals surface area contributed by atoms with E-state index in [1.54, 1.807) is 0 Å². The van der Waals surface area contributed by atoms with Gasteiger partial charge in [0, 0.05) is 30.7 Å². The van der Waals surface area contributed by atoms with E-state index in [2.05, 4.69) is 4.99 Å². The molecule has 1 aliphatic rings. The number of carbonyl (C=O) groups is 1. The molecule has 2 heterocycles. The average molecular weight is 466 g/mol. The Bertz CT molecular complexity index is 1290. The number of aromatic nitrogens is 1. The number of morpholine rings is 1. The molecule has 7 nitrogen and oxygen atoms in total. The van der Waals surface area contributed by atoms with Crippen molar-refractivity contribution in [3.05, 3.63) is 57.3 Å². The van der Waals surface area contributed by atoms with E-state index in [0.29, 0.717) is 41.7 Å². The number of carbonyl (C=O) groups excluding carboxylic acids is 1. The molecule has 1 saturated heterocycles. The molecule has 30 heavy (non-hydrogen) atoms. The maximum atomic E-state index is 12.7. The van der Waals surface area contributed by atoms with E-state index >= 15 is 0 Å². The predicted octanol–water partition coefficient (Wildman–Crippen LogP) is 2.96. The van der Waals surface area contributed by atoms with Gasteiger partial charge in [0.1, 0.15) is 0 Å². The second-order valence-corrected chi connectivity index (χ2v) is 10.4. The number of fused-ring (bicyclic) bond motifs is 1. The normalized spacial score (nSPS) is 16.3. The van der Waals surface area contributed by atoms with Gasteiger partial charge >= 0.3 is 0 Å². The van der Waals surface area contributed by atoms with Crippen molar-refractivity contribution in [2.24, 2.45) is 12.0 Å². The molecule has 0 bridgehead atoms. The Labute approximate surface area is 183 Å². The highest BCUT2D eigenvalue weighted by Crippen LogP contribution is 2.25. The molecule has 0 spiro atoms. The number of nitrogens with zero attached hydrogens (tertiary/aromatic N) is 3. The topological polar surface area (TPSA) is 81.0 Å². The monoisotopic (exact) mass is 465 g/mol. The van der Waals surface area contributed by atoms with Crippen LogP contribution >= 0.6 is 22.9 Å². The van der Waals surface area contributed by atoms with Gasteiger partial charge in [-0.05, 0) is 48.9 Å². The molecule has 4 rings (SSSR count). The fourth-order valence-electron chi connectivity index (χ4n) is 3.43. The number of amides is 1. The highest BCUT2D eigenvalue weighted by Gasteiger charge is 2.26. The summed E-state index contributed by atoms with van der Waals surface area (Å²) in [5.41, 5.74) is 2.30. The van der Waals surface area contributed by atoms with E-state index in [0.717, 1.165) is 15.8 Å². The lowest BCUT2D eigenvalue weighted by atomic mass is 10.2. The van der Waals surface area contributed by atoms with E-state index in [1.165, 1.54) is 39.9 Å². The quantitative estimate of drug-likeness (QED) is 0.595. The maximum absolute atomic E-state index is 12.7. The van der Waals surface area contributed by atoms with Gasteiger partial charge < -0.3 is 9.30 Å². The van der Waals surface area contributed by atoms with E-state index < -0.39 is 15.9 Å². The van der Waals surface area contributed by atoms with Crippen molar-refractivity contribution >= 4 is 49.1 Å². The highest BCUT2D eigenvalue weighted by molar-refractivity contribution is 7.89. The third-order valence-corrected chi connectivity index (χ3v) is 8.17. The van der Waals surface area contributed by atoms with Gasteiger partial charge in [-0.2, -0.15) is 9.30 Å². The van der Waals surface area contributed by atoms with Crippen LogP contribution in [0, 0.1) is 6.92 Å². The lowest BCUT2D eigenvalue weighted by molar-refractivity contribution is 0.0730. The van der Waals surface area contributed by atoms with Gasteiger partial charge in [-0.3, -0.25) is 4.79 Å². The smallest absolute Gasteiger partial charge is 0.279 e. The SMILES string of the molecule is Cc1cc(Cl)cc2sc(=NC(=O)c3ccc(S(=O)(=O)N4CCOCC4)cc3)n(C)c12. The van der Waals surface area contributed by atoms with Gasteiger partial charge in [0.15, 0.2) is 4.80 Å². The lowest BCUT2D eigenvalue weighted by Crippen LogP contribution is -2.40. The molecule has 158 valence electrons. The van der Waals surface area contributed by atoms with Gasteiger partial charge in [0.05, 0.1) is 28.3 Å². The second-order valence-electron chi connectivity index (χ2n) is 6.97. The van der Waals surface area contributed by atoms with Crippen LogP contribution in [0.25, 0.3) is 10.2 Å². The number of halogens is 1. The molecule has 1 aliphatic heterocycles. The van der Waals surface area contributed by atoms with Gasteiger partial charge in [0.25, 0.3) is 5.91 Å². The van der Waals surface area contributed by atoms with Crippen LogP contribution in [-0.2, 0) is 21.8 Å². The molecule has 1 fully saturated rings. The van der Waals surface area contributed by atoms with Crippen LogP contribution in [0.4, 0.5) is 0 Å². The number of rotatable bonds is 3. The highest BCUT2D eigenvalue weighted by atomic mass is 35.5. The van der Waals surface area contributed by atoms with Crippen molar-refractivity contribution in [1.82, 2.24) is 8.87 Å². The van der Waals surface area contributed by atoms with Crippen molar-refractivity contribution in [3.8, 4) is 0 Å². The van der Waals surface area contributed by atoms with Gasteiger partial charge in [0.2, 0.25) is 10.0 Å². The molecule has 0 N–H and O–H groups in total. The van der Waals surface area contributed by atoms with Crippen molar-refractivity contribution in [2.45, 2.75) is 11.8 Å². The maximum Gasteiger partial charge on any atom is 0.279 e. The van der Waals surface area contributed by atoms with Crippen molar-refractivity contribution in [3.63, 3.8) is 0 Å². The number of ether oxygens (including phenoxy) is 1. The molecular weight excluding hydrogens is 446 g/mol. The zero-order valence-electron chi connectivity index (χ0n) is 16.5. The van der Waals surface area contributed by atoms with Gasteiger partial charge in [-0.15, -0.1) is 0 Å². The summed E-state index contributed by atoms with van der Waals surface area (Å²) in [5, 5.41) is 0.636. The van der Waals surface area contributed by atoms with Crippen molar-refractivity contribution in [2.75, 3.05) is 26.3 Å². The summed E-state index contributed by atoms with van der Waals surface area (Å²) >= 11 is 7.51. The van der Waals surface area contributed by atoms with Crippen LogP contribution in [0.15, 0.2) is 46.3 Å². The molecule has 0 aliphatic carbocycles. The second kappa shape index (κ2) is 8.24. The van der Waals surface area contributed by atoms with Crippen LogP contribution in [-0.4, -0.2) is 49.5 Å². The lowest BCUT2D eigenvalue weighted by Gasteiger charge is -2.26. The van der Waals surface area contributed by atoms with Crippen LogP contribution in [0.5, 0.6) is 0 Å². The van der Waals surface area contributed by atoms with E-state index in [1.807, 2.05) is 30.7 Å². The molecule has 1 aromatic heterocycles. The summed E-state index contributed by atoms with van der Waals surface area (Å²) in [4.78, 5) is 17.6. The van der Waals surface area contributed by atoms with Crippen molar-refractivity contribution in [1.29, 1.82) is 0 Å². The molecule has 0 radical (unpaired) electrons. The van der Waals surface area contributed by atoms with Gasteiger partial charge in [-0.1, -0.05) is 22.9 Å². The number of aryl methyl sites for hydroxylation is 2. The number of sulfonamides is 1. The molecule has 1 amide bonds. The van der Waals surface area contributed by atoms with Crippen LogP contribution < -0.4 is 4.80 Å². The molecule has 10 heteroatoms.